The van der Waals surface area contributed by atoms with Crippen molar-refractivity contribution in [1.82, 2.24) is 9.78 Å². The third kappa shape index (κ3) is 2.80. The summed E-state index contributed by atoms with van der Waals surface area (Å²) in [5.41, 5.74) is 3.08. The maximum absolute atomic E-state index is 5.89. The highest BCUT2D eigenvalue weighted by molar-refractivity contribution is 6.30. The van der Waals surface area contributed by atoms with E-state index in [1.54, 1.807) is 0 Å². The Labute approximate surface area is 106 Å². The van der Waals surface area contributed by atoms with Crippen molar-refractivity contribution in [3.63, 3.8) is 0 Å². The van der Waals surface area contributed by atoms with Crippen LogP contribution in [-0.2, 0) is 13.7 Å². The first kappa shape index (κ1) is 12.0. The van der Waals surface area contributed by atoms with Crippen LogP contribution in [0.1, 0.15) is 17.0 Å². The summed E-state index contributed by atoms with van der Waals surface area (Å²) in [5.74, 6) is 0.845. The number of benzene rings is 1. The maximum atomic E-state index is 5.89. The quantitative estimate of drug-likeness (QED) is 0.836. The van der Waals surface area contributed by atoms with Gasteiger partial charge in [0.25, 0.3) is 0 Å². The Morgan fingerprint density at radius 3 is 2.65 bits per heavy atom. The second-order valence-corrected chi connectivity index (χ2v) is 4.54. The molecule has 0 spiro atoms. The van der Waals surface area contributed by atoms with E-state index >= 15 is 0 Å². The number of halogens is 1. The number of aryl methyl sites for hydroxylation is 3. The average Bonchev–Trinajstić information content (AvgIpc) is 2.57. The fraction of sp³-hybridized carbons (Fsp3) is 0.308. The topological polar surface area (TPSA) is 27.1 Å². The van der Waals surface area contributed by atoms with Gasteiger partial charge < -0.3 is 4.74 Å². The minimum absolute atomic E-state index is 0.476. The standard InChI is InChI=1S/C13H15ClN2O/c1-9-6-11(14)4-5-13(9)17-8-12-7-10(2)16(3)15-12/h4-7H,8H2,1-3H3. The van der Waals surface area contributed by atoms with Crippen LogP contribution in [0.5, 0.6) is 5.75 Å². The monoisotopic (exact) mass is 250 g/mol. The summed E-state index contributed by atoms with van der Waals surface area (Å²) in [6.07, 6.45) is 0. The predicted octanol–water partition coefficient (Wildman–Crippen LogP) is 3.27. The molecule has 0 atom stereocenters. The molecule has 0 fully saturated rings. The van der Waals surface area contributed by atoms with Crippen molar-refractivity contribution in [3.8, 4) is 5.75 Å². The summed E-state index contributed by atoms with van der Waals surface area (Å²) in [6.45, 7) is 4.47. The first-order chi connectivity index (χ1) is 8.06. The van der Waals surface area contributed by atoms with Crippen molar-refractivity contribution >= 4 is 11.6 Å². The van der Waals surface area contributed by atoms with Crippen LogP contribution in [0.25, 0.3) is 0 Å². The van der Waals surface area contributed by atoms with Gasteiger partial charge in [-0.2, -0.15) is 5.10 Å². The van der Waals surface area contributed by atoms with Gasteiger partial charge in [-0.1, -0.05) is 11.6 Å². The van der Waals surface area contributed by atoms with Gasteiger partial charge in [-0.15, -0.1) is 0 Å². The molecular weight excluding hydrogens is 236 g/mol. The Kier molecular flexibility index (Phi) is 3.38. The molecule has 1 heterocycles. The van der Waals surface area contributed by atoms with E-state index in [0.29, 0.717) is 6.61 Å². The van der Waals surface area contributed by atoms with Crippen molar-refractivity contribution in [2.45, 2.75) is 20.5 Å². The number of hydrogen-bond donors (Lipinski definition) is 0. The van der Waals surface area contributed by atoms with Crippen LogP contribution in [0.2, 0.25) is 5.02 Å². The normalized spacial score (nSPS) is 10.6. The zero-order valence-corrected chi connectivity index (χ0v) is 11.0. The second-order valence-electron chi connectivity index (χ2n) is 4.10. The lowest BCUT2D eigenvalue weighted by Crippen LogP contribution is -1.99. The van der Waals surface area contributed by atoms with Crippen LogP contribution in [0.3, 0.4) is 0 Å². The fourth-order valence-corrected chi connectivity index (χ4v) is 1.86. The lowest BCUT2D eigenvalue weighted by molar-refractivity contribution is 0.298. The van der Waals surface area contributed by atoms with Gasteiger partial charge in [0.2, 0.25) is 0 Å². The average molecular weight is 251 g/mol. The molecule has 1 aromatic carbocycles. The van der Waals surface area contributed by atoms with Gasteiger partial charge in [-0.25, -0.2) is 0 Å². The molecule has 0 bridgehead atoms. The lowest BCUT2D eigenvalue weighted by Gasteiger charge is -2.07. The van der Waals surface area contributed by atoms with Crippen LogP contribution >= 0.6 is 11.6 Å². The van der Waals surface area contributed by atoms with Crippen molar-refractivity contribution in [3.05, 3.63) is 46.2 Å². The van der Waals surface area contributed by atoms with E-state index < -0.39 is 0 Å². The van der Waals surface area contributed by atoms with Gasteiger partial charge in [-0.3, -0.25) is 4.68 Å². The molecule has 0 saturated carbocycles. The number of nitrogens with zero attached hydrogens (tertiary/aromatic N) is 2. The Bertz CT molecular complexity index is 515. The van der Waals surface area contributed by atoms with Gasteiger partial charge in [-0.05, 0) is 43.7 Å². The van der Waals surface area contributed by atoms with E-state index in [0.717, 1.165) is 27.7 Å². The highest BCUT2D eigenvalue weighted by Crippen LogP contribution is 2.22. The molecule has 2 aromatic rings. The summed E-state index contributed by atoms with van der Waals surface area (Å²) < 4.78 is 7.55. The Morgan fingerprint density at radius 1 is 1.29 bits per heavy atom. The molecule has 1 aromatic heterocycles. The highest BCUT2D eigenvalue weighted by Gasteiger charge is 2.04. The molecule has 0 aliphatic rings. The van der Waals surface area contributed by atoms with Gasteiger partial charge in [0.05, 0.1) is 0 Å². The second kappa shape index (κ2) is 4.80. The number of hydrogen-bond acceptors (Lipinski definition) is 2. The van der Waals surface area contributed by atoms with Crippen LogP contribution in [0.4, 0.5) is 0 Å². The molecule has 0 radical (unpaired) electrons. The zero-order chi connectivity index (χ0) is 12.4. The minimum atomic E-state index is 0.476. The van der Waals surface area contributed by atoms with Crippen LogP contribution in [0.15, 0.2) is 24.3 Å². The van der Waals surface area contributed by atoms with E-state index in [4.69, 9.17) is 16.3 Å². The molecule has 0 N–H and O–H groups in total. The van der Waals surface area contributed by atoms with Gasteiger partial charge in [0.15, 0.2) is 0 Å². The molecular formula is C13H15ClN2O. The number of rotatable bonds is 3. The third-order valence-electron chi connectivity index (χ3n) is 2.68. The smallest absolute Gasteiger partial charge is 0.132 e. The minimum Gasteiger partial charge on any atom is -0.487 e. The lowest BCUT2D eigenvalue weighted by atomic mass is 10.2. The molecule has 0 unspecified atom stereocenters. The maximum Gasteiger partial charge on any atom is 0.132 e. The van der Waals surface area contributed by atoms with Crippen LogP contribution < -0.4 is 4.74 Å². The summed E-state index contributed by atoms with van der Waals surface area (Å²) in [4.78, 5) is 0. The summed E-state index contributed by atoms with van der Waals surface area (Å²) in [7, 11) is 1.92. The molecule has 0 saturated heterocycles. The molecule has 0 aliphatic carbocycles. The number of aromatic nitrogens is 2. The highest BCUT2D eigenvalue weighted by atomic mass is 35.5. The molecule has 3 nitrogen and oxygen atoms in total. The first-order valence-electron chi connectivity index (χ1n) is 5.45. The van der Waals surface area contributed by atoms with E-state index in [1.165, 1.54) is 0 Å². The van der Waals surface area contributed by atoms with Crippen LogP contribution in [0, 0.1) is 13.8 Å². The molecule has 0 amide bonds. The van der Waals surface area contributed by atoms with Crippen molar-refractivity contribution < 1.29 is 4.74 Å². The van der Waals surface area contributed by atoms with Crippen molar-refractivity contribution in [2.24, 2.45) is 7.05 Å². The van der Waals surface area contributed by atoms with E-state index in [2.05, 4.69) is 5.10 Å². The van der Waals surface area contributed by atoms with E-state index in [9.17, 15) is 0 Å². The molecule has 2 rings (SSSR count). The summed E-state index contributed by atoms with van der Waals surface area (Å²) >= 11 is 5.89. The first-order valence-corrected chi connectivity index (χ1v) is 5.82. The van der Waals surface area contributed by atoms with Gasteiger partial charge in [0, 0.05) is 17.8 Å². The molecule has 4 heteroatoms. The van der Waals surface area contributed by atoms with E-state index in [-0.39, 0.29) is 0 Å². The summed E-state index contributed by atoms with van der Waals surface area (Å²) in [6, 6.07) is 7.62. The third-order valence-corrected chi connectivity index (χ3v) is 2.91. The summed E-state index contributed by atoms with van der Waals surface area (Å²) in [5, 5.41) is 5.06. The Morgan fingerprint density at radius 2 is 2.06 bits per heavy atom. The molecule has 90 valence electrons. The number of ether oxygens (including phenoxy) is 1. The van der Waals surface area contributed by atoms with Crippen LogP contribution in [-0.4, -0.2) is 9.78 Å². The SMILES string of the molecule is Cc1cc(Cl)ccc1OCc1cc(C)n(C)n1. The van der Waals surface area contributed by atoms with Gasteiger partial charge in [0.1, 0.15) is 18.1 Å². The predicted molar refractivity (Wildman–Crippen MR) is 68.5 cm³/mol. The molecule has 0 aliphatic heterocycles. The fourth-order valence-electron chi connectivity index (χ4n) is 1.63. The Hall–Kier alpha value is -1.48. The van der Waals surface area contributed by atoms with Gasteiger partial charge >= 0.3 is 0 Å². The Balaban J connectivity index is 2.07. The largest absolute Gasteiger partial charge is 0.487 e. The van der Waals surface area contributed by atoms with E-state index in [1.807, 2.05) is 49.8 Å². The van der Waals surface area contributed by atoms with Crippen molar-refractivity contribution in [1.29, 1.82) is 0 Å². The van der Waals surface area contributed by atoms with Crippen molar-refractivity contribution in [2.75, 3.05) is 0 Å². The zero-order valence-electron chi connectivity index (χ0n) is 10.2. The molecule has 17 heavy (non-hydrogen) atoms.